The van der Waals surface area contributed by atoms with Crippen molar-refractivity contribution in [1.29, 1.82) is 0 Å². The molecule has 6 aromatic carbocycles. The predicted molar refractivity (Wildman–Crippen MR) is 326 cm³/mol. The molecule has 0 saturated carbocycles. The highest BCUT2D eigenvalue weighted by Gasteiger charge is 2.29. The van der Waals surface area contributed by atoms with Crippen molar-refractivity contribution in [3.8, 4) is 22.9 Å². The lowest BCUT2D eigenvalue weighted by Crippen LogP contribution is -2.18. The van der Waals surface area contributed by atoms with Crippen LogP contribution in [-0.4, -0.2) is 63.5 Å². The largest absolute Gasteiger partial charge is 0.505 e. The highest BCUT2D eigenvalue weighted by atomic mass is 16.4. The van der Waals surface area contributed by atoms with E-state index in [-0.39, 0.29) is 77.8 Å². The molecule has 1 heterocycles. The number of carboxylic acid groups (broad SMARTS) is 3. The number of carbonyl (C=O) groups is 3. The minimum Gasteiger partial charge on any atom is -0.505 e. The number of hydrogen-bond donors (Lipinski definition) is 9. The molecule has 0 saturated heterocycles. The number of carboxylic acids is 3. The Morgan fingerprint density at radius 3 is 1.20 bits per heavy atom. The first-order valence-corrected chi connectivity index (χ1v) is 26.4. The van der Waals surface area contributed by atoms with Gasteiger partial charge in [-0.15, -0.1) is 30.1 Å². The van der Waals surface area contributed by atoms with E-state index < -0.39 is 17.9 Å². The number of benzene rings is 6. The molecule has 7 rings (SSSR count). The lowest BCUT2D eigenvalue weighted by atomic mass is 9.80. The molecular weight excluding hydrogens is 1040 g/mol. The van der Waals surface area contributed by atoms with E-state index in [0.717, 1.165) is 33.4 Å². The standard InChI is InChI=1S/C21H25N3O3.C21H27N3O3.C14H21NO2.C7H8N2O2/c1-20(2,3)13-10-14(21(4,5)6)18(25)17(11-13)24-22-15-8-7-12(19(26)27)9-16(15)23-24;1-20(2,3)13-10-14(21(4,5)6)18(25)17(11-13)24-23-16-9-12(19(26)27)7-8-15(16)22;1-13(2,3)9-7-10(14(4,5)6)12(16)11(8-9)15-17;8-5-2-1-4(7(10)11)3-6(5)9/h7-11,25H,1-6H3,(H,26,27);7-11,25H,22H2,1-6H3,(H,26,27);7-8,16H,1-6H3;1-3H,8-9H2,(H,10,11). The van der Waals surface area contributed by atoms with Gasteiger partial charge in [-0.05, 0) is 127 Å². The highest BCUT2D eigenvalue weighted by molar-refractivity contribution is 5.92. The normalized spacial score (nSPS) is 12.1. The van der Waals surface area contributed by atoms with Crippen LogP contribution in [0, 0.1) is 4.91 Å². The van der Waals surface area contributed by atoms with Crippen LogP contribution < -0.4 is 17.2 Å². The minimum atomic E-state index is -1.07. The number of phenolic OH excluding ortho intramolecular Hbond substituents is 3. The number of nitrogens with zero attached hydrogens (tertiary/aromatic N) is 6. The Morgan fingerprint density at radius 1 is 0.402 bits per heavy atom. The second-order valence-corrected chi connectivity index (χ2v) is 26.2. The second-order valence-electron chi connectivity index (χ2n) is 26.2. The van der Waals surface area contributed by atoms with Gasteiger partial charge >= 0.3 is 17.9 Å². The number of rotatable bonds is 7. The number of hydrogen-bond acceptors (Lipinski definition) is 15. The lowest BCUT2D eigenvalue weighted by molar-refractivity contribution is 0.0686. The first-order chi connectivity index (χ1) is 37.4. The number of nitroso groups, excluding NO2 is 1. The molecule has 438 valence electrons. The third-order valence-electron chi connectivity index (χ3n) is 13.1. The average Bonchev–Trinajstić information content (AvgIpc) is 3.90. The number of aromatic nitrogens is 3. The van der Waals surface area contributed by atoms with E-state index in [1.54, 1.807) is 18.2 Å². The summed E-state index contributed by atoms with van der Waals surface area (Å²) in [6, 6.07) is 24.4. The van der Waals surface area contributed by atoms with Gasteiger partial charge < -0.3 is 47.8 Å². The summed E-state index contributed by atoms with van der Waals surface area (Å²) in [6.07, 6.45) is 0. The molecule has 0 spiro atoms. The lowest BCUT2D eigenvalue weighted by Gasteiger charge is -2.27. The van der Waals surface area contributed by atoms with Gasteiger partial charge in [0.15, 0.2) is 0 Å². The maximum absolute atomic E-state index is 11.2. The minimum absolute atomic E-state index is 0.000463. The van der Waals surface area contributed by atoms with Crippen molar-refractivity contribution in [3.63, 3.8) is 0 Å². The van der Waals surface area contributed by atoms with Crippen molar-refractivity contribution in [2.75, 3.05) is 17.2 Å². The van der Waals surface area contributed by atoms with Gasteiger partial charge in [0.25, 0.3) is 0 Å². The molecule has 1 aromatic heterocycles. The number of anilines is 3. The average molecular weight is 1120 g/mol. The van der Waals surface area contributed by atoms with E-state index in [2.05, 4.69) is 87.9 Å². The Labute approximate surface area is 479 Å². The molecule has 0 bridgehead atoms. The van der Waals surface area contributed by atoms with Crippen molar-refractivity contribution < 1.29 is 45.0 Å². The van der Waals surface area contributed by atoms with Gasteiger partial charge in [0.1, 0.15) is 51.0 Å². The van der Waals surface area contributed by atoms with E-state index in [9.17, 15) is 34.6 Å². The van der Waals surface area contributed by atoms with Gasteiger partial charge in [0.05, 0.1) is 33.8 Å². The smallest absolute Gasteiger partial charge is 0.335 e. The van der Waals surface area contributed by atoms with Crippen LogP contribution in [0.15, 0.2) is 106 Å². The summed E-state index contributed by atoms with van der Waals surface area (Å²) in [4.78, 5) is 44.9. The van der Waals surface area contributed by atoms with Crippen molar-refractivity contribution in [1.82, 2.24) is 15.0 Å². The van der Waals surface area contributed by atoms with Crippen LogP contribution in [0.4, 0.5) is 34.1 Å². The van der Waals surface area contributed by atoms with Crippen molar-refractivity contribution in [2.24, 2.45) is 15.4 Å². The Kier molecular flexibility index (Phi) is 19.6. The van der Waals surface area contributed by atoms with Crippen LogP contribution in [0.5, 0.6) is 17.2 Å². The van der Waals surface area contributed by atoms with Gasteiger partial charge in [0.2, 0.25) is 0 Å². The number of azo groups is 1. The van der Waals surface area contributed by atoms with Gasteiger partial charge in [0, 0.05) is 16.7 Å². The van der Waals surface area contributed by atoms with Crippen molar-refractivity contribution in [3.05, 3.63) is 146 Å². The number of nitrogens with two attached hydrogens (primary N) is 3. The molecule has 0 fully saturated rings. The zero-order valence-electron chi connectivity index (χ0n) is 50.4. The zero-order chi connectivity index (χ0) is 62.6. The van der Waals surface area contributed by atoms with E-state index in [4.69, 9.17) is 32.5 Å². The number of fused-ring (bicyclic) bond motifs is 1. The molecule has 0 unspecified atom stereocenters. The van der Waals surface area contributed by atoms with Gasteiger partial charge in [-0.3, -0.25) is 0 Å². The summed E-state index contributed by atoms with van der Waals surface area (Å²) in [5, 5.41) is 78.6. The Balaban J connectivity index is 0.000000247. The summed E-state index contributed by atoms with van der Waals surface area (Å²) in [5.74, 6) is -2.89. The molecule has 12 N–H and O–H groups in total. The summed E-state index contributed by atoms with van der Waals surface area (Å²) in [5.41, 5.74) is 24.6. The van der Waals surface area contributed by atoms with E-state index in [0.29, 0.717) is 39.5 Å². The molecule has 0 aliphatic rings. The topological polar surface area (TPSA) is 336 Å². The Morgan fingerprint density at radius 2 is 0.768 bits per heavy atom. The highest BCUT2D eigenvalue weighted by Crippen LogP contribution is 2.44. The molecule has 0 aliphatic carbocycles. The molecule has 0 aliphatic heterocycles. The third-order valence-corrected chi connectivity index (χ3v) is 13.1. The third kappa shape index (κ3) is 16.6. The van der Waals surface area contributed by atoms with Crippen LogP contribution in [0.1, 0.15) is 189 Å². The molecule has 19 nitrogen and oxygen atoms in total. The monoisotopic (exact) mass is 1120 g/mol. The quantitative estimate of drug-likeness (QED) is 0.0407. The summed E-state index contributed by atoms with van der Waals surface area (Å²) in [7, 11) is 0. The van der Waals surface area contributed by atoms with Gasteiger partial charge in [-0.1, -0.05) is 143 Å². The summed E-state index contributed by atoms with van der Waals surface area (Å²) < 4.78 is 0. The summed E-state index contributed by atoms with van der Waals surface area (Å²) >= 11 is 0. The Hall–Kier alpha value is -8.87. The summed E-state index contributed by atoms with van der Waals surface area (Å²) in [6.45, 7) is 37.0. The molecular formula is C63H81N9O10. The molecule has 0 atom stereocenters. The van der Waals surface area contributed by atoms with E-state index in [1.807, 2.05) is 86.6 Å². The van der Waals surface area contributed by atoms with Gasteiger partial charge in [-0.25, -0.2) is 14.4 Å². The fourth-order valence-electron chi connectivity index (χ4n) is 7.90. The molecule has 0 amide bonds. The van der Waals surface area contributed by atoms with E-state index in [1.165, 1.54) is 53.3 Å². The number of aromatic carboxylic acids is 3. The van der Waals surface area contributed by atoms with Crippen LogP contribution in [0.3, 0.4) is 0 Å². The number of aromatic hydroxyl groups is 3. The number of nitrogen functional groups attached to an aromatic ring is 3. The first-order valence-electron chi connectivity index (χ1n) is 26.4. The SMILES string of the molecule is CC(C)(C)c1cc(-n2nc3ccc(C(=O)O)cc3n2)c(O)c(C(C)(C)C)c1.CC(C)(C)c1cc(N=Nc2cc(C(=O)O)ccc2N)c(O)c(C(C)(C)C)c1.CC(C)(C)c1cc(N=O)c(O)c(C(C)(C)C)c1.Nc1ccc(C(=O)O)cc1N. The van der Waals surface area contributed by atoms with Crippen LogP contribution >= 0.6 is 0 Å². The fourth-order valence-corrected chi connectivity index (χ4v) is 7.90. The first kappa shape index (κ1) is 65.6. The number of phenols is 3. The Bertz CT molecular complexity index is 3560. The van der Waals surface area contributed by atoms with Crippen LogP contribution in [0.25, 0.3) is 16.7 Å². The molecule has 7 aromatic rings. The fraction of sp³-hybridized carbons (Fsp3) is 0.381. The van der Waals surface area contributed by atoms with Crippen molar-refractivity contribution >= 4 is 63.1 Å². The predicted octanol–water partition coefficient (Wildman–Crippen LogP) is 15.0. The van der Waals surface area contributed by atoms with Crippen molar-refractivity contribution in [2.45, 2.75) is 157 Å². The second kappa shape index (κ2) is 24.5. The molecule has 0 radical (unpaired) electrons. The van der Waals surface area contributed by atoms with E-state index >= 15 is 0 Å². The molecule has 82 heavy (non-hydrogen) atoms. The maximum atomic E-state index is 11.2. The van der Waals surface area contributed by atoms with Crippen LogP contribution in [0.2, 0.25) is 0 Å². The van der Waals surface area contributed by atoms with Crippen LogP contribution in [-0.2, 0) is 32.5 Å². The van der Waals surface area contributed by atoms with Gasteiger partial charge in [-0.2, -0.15) is 0 Å². The maximum Gasteiger partial charge on any atom is 0.335 e. The molecule has 19 heteroatoms. The zero-order valence-corrected chi connectivity index (χ0v) is 50.4.